The number of carbonyl (C=O) groups excluding carboxylic acids is 1. The normalized spacial score (nSPS) is 19.6. The Balaban J connectivity index is 1.38. The fourth-order valence-electron chi connectivity index (χ4n) is 4.37. The fourth-order valence-corrected chi connectivity index (χ4v) is 5.03. The average Bonchev–Trinajstić information content (AvgIpc) is 3.43. The van der Waals surface area contributed by atoms with E-state index in [1.807, 2.05) is 0 Å². The largest absolute Gasteiger partial charge is 0.416 e. The predicted octanol–water partition coefficient (Wildman–Crippen LogP) is 3.94. The minimum atomic E-state index is -4.38. The van der Waals surface area contributed by atoms with Crippen LogP contribution in [0.2, 0.25) is 0 Å². The number of hydrogen-bond acceptors (Lipinski definition) is 5. The van der Waals surface area contributed by atoms with E-state index in [-0.39, 0.29) is 12.5 Å². The molecule has 31 heavy (non-hydrogen) atoms. The van der Waals surface area contributed by atoms with Gasteiger partial charge in [-0.05, 0) is 40.1 Å². The molecule has 1 amide bonds. The molecule has 1 aromatic heterocycles. The number of alkyl halides is 3. The van der Waals surface area contributed by atoms with Gasteiger partial charge in [0, 0.05) is 38.3 Å². The summed E-state index contributed by atoms with van der Waals surface area (Å²) in [6.45, 7) is 3.79. The van der Waals surface area contributed by atoms with Crippen molar-refractivity contribution in [1.29, 1.82) is 0 Å². The molecule has 0 radical (unpaired) electrons. The molecule has 3 aliphatic rings. The standard InChI is InChI=1S/C22H21F3N4OS/c23-22(24,25)17-3-1-15(2-4-17)12-29-20(30)18-13-27(11-16-6-10-31-14-16)8-5-19(18)28-9-7-26-21(28)29/h1-4,6,10,14H,5,7-9,11-13H2. The third kappa shape index (κ3) is 3.87. The number of guanidine groups is 1. The fraction of sp³-hybridized carbons (Fsp3) is 0.364. The molecule has 0 fully saturated rings. The Labute approximate surface area is 182 Å². The minimum Gasteiger partial charge on any atom is -0.314 e. The molecule has 0 saturated heterocycles. The smallest absolute Gasteiger partial charge is 0.314 e. The summed E-state index contributed by atoms with van der Waals surface area (Å²) in [6, 6.07) is 7.09. The molecule has 3 aliphatic heterocycles. The van der Waals surface area contributed by atoms with E-state index in [4.69, 9.17) is 0 Å². The van der Waals surface area contributed by atoms with Gasteiger partial charge in [-0.3, -0.25) is 19.6 Å². The monoisotopic (exact) mass is 446 g/mol. The molecule has 0 aliphatic carbocycles. The molecular formula is C22H21F3N4OS. The quantitative estimate of drug-likeness (QED) is 0.714. The molecule has 0 saturated carbocycles. The number of halogens is 3. The van der Waals surface area contributed by atoms with Gasteiger partial charge in [0.2, 0.25) is 5.96 Å². The Morgan fingerprint density at radius 3 is 2.55 bits per heavy atom. The van der Waals surface area contributed by atoms with Crippen LogP contribution in [0.1, 0.15) is 23.1 Å². The first kappa shape index (κ1) is 20.3. The highest BCUT2D eigenvalue weighted by Crippen LogP contribution is 2.33. The Bertz CT molecular complexity index is 1040. The lowest BCUT2D eigenvalue weighted by atomic mass is 10.00. The van der Waals surface area contributed by atoms with Crippen LogP contribution < -0.4 is 0 Å². The van der Waals surface area contributed by atoms with Crippen molar-refractivity contribution in [3.05, 3.63) is 69.1 Å². The Kier molecular flexibility index (Phi) is 5.10. The van der Waals surface area contributed by atoms with E-state index in [0.717, 1.165) is 49.5 Å². The molecule has 2 aromatic rings. The van der Waals surface area contributed by atoms with Crippen molar-refractivity contribution in [2.24, 2.45) is 4.99 Å². The van der Waals surface area contributed by atoms with Gasteiger partial charge in [0.25, 0.3) is 5.91 Å². The number of amides is 1. The van der Waals surface area contributed by atoms with E-state index in [9.17, 15) is 18.0 Å². The molecule has 4 heterocycles. The van der Waals surface area contributed by atoms with Crippen LogP contribution in [-0.2, 0) is 24.1 Å². The van der Waals surface area contributed by atoms with Crippen LogP contribution in [0.3, 0.4) is 0 Å². The number of fused-ring (bicyclic) bond motifs is 2. The second kappa shape index (κ2) is 7.80. The van der Waals surface area contributed by atoms with Crippen LogP contribution >= 0.6 is 11.3 Å². The molecule has 9 heteroatoms. The van der Waals surface area contributed by atoms with Crippen molar-refractivity contribution >= 4 is 23.2 Å². The van der Waals surface area contributed by atoms with E-state index < -0.39 is 11.7 Å². The highest BCUT2D eigenvalue weighted by Gasteiger charge is 2.41. The third-order valence-electron chi connectivity index (χ3n) is 5.89. The highest BCUT2D eigenvalue weighted by atomic mass is 32.1. The van der Waals surface area contributed by atoms with E-state index in [1.54, 1.807) is 16.2 Å². The van der Waals surface area contributed by atoms with Crippen LogP contribution in [-0.4, -0.2) is 52.7 Å². The van der Waals surface area contributed by atoms with Gasteiger partial charge in [0.15, 0.2) is 0 Å². The van der Waals surface area contributed by atoms with Crippen molar-refractivity contribution in [1.82, 2.24) is 14.7 Å². The number of aliphatic imine (C=N–C) groups is 1. The van der Waals surface area contributed by atoms with Gasteiger partial charge in [-0.15, -0.1) is 0 Å². The third-order valence-corrected chi connectivity index (χ3v) is 6.62. The number of thiophene rings is 1. The zero-order valence-electron chi connectivity index (χ0n) is 16.7. The summed E-state index contributed by atoms with van der Waals surface area (Å²) in [5.41, 5.74) is 3.01. The lowest BCUT2D eigenvalue weighted by Gasteiger charge is -2.42. The molecule has 5 nitrogen and oxygen atoms in total. The van der Waals surface area contributed by atoms with Crippen molar-refractivity contribution < 1.29 is 18.0 Å². The molecule has 0 bridgehead atoms. The molecule has 0 N–H and O–H groups in total. The van der Waals surface area contributed by atoms with Crippen molar-refractivity contribution in [3.8, 4) is 0 Å². The number of hydrogen-bond donors (Lipinski definition) is 0. The van der Waals surface area contributed by atoms with E-state index >= 15 is 0 Å². The molecule has 0 atom stereocenters. The molecule has 5 rings (SSSR count). The Hall–Kier alpha value is -2.65. The zero-order chi connectivity index (χ0) is 21.6. The maximum atomic E-state index is 13.4. The minimum absolute atomic E-state index is 0.0955. The van der Waals surface area contributed by atoms with Crippen LogP contribution in [0.15, 0.2) is 57.4 Å². The molecule has 162 valence electrons. The Morgan fingerprint density at radius 1 is 1.03 bits per heavy atom. The molecular weight excluding hydrogens is 425 g/mol. The van der Waals surface area contributed by atoms with Gasteiger partial charge in [0.05, 0.1) is 24.2 Å². The second-order valence-electron chi connectivity index (χ2n) is 7.94. The number of benzene rings is 1. The molecule has 0 spiro atoms. The van der Waals surface area contributed by atoms with Crippen LogP contribution in [0.4, 0.5) is 13.2 Å². The maximum Gasteiger partial charge on any atom is 0.416 e. The summed E-state index contributed by atoms with van der Waals surface area (Å²) in [7, 11) is 0. The lowest BCUT2D eigenvalue weighted by molar-refractivity contribution is -0.137. The van der Waals surface area contributed by atoms with Gasteiger partial charge in [-0.2, -0.15) is 24.5 Å². The van der Waals surface area contributed by atoms with Crippen LogP contribution in [0.5, 0.6) is 0 Å². The van der Waals surface area contributed by atoms with E-state index in [2.05, 4.69) is 31.6 Å². The first-order valence-electron chi connectivity index (χ1n) is 10.2. The van der Waals surface area contributed by atoms with Crippen LogP contribution in [0, 0.1) is 0 Å². The first-order chi connectivity index (χ1) is 14.9. The topological polar surface area (TPSA) is 39.2 Å². The SMILES string of the molecule is O=C1C2=C(CCN(Cc3ccsc3)C2)N2CCN=C2N1Cc1ccc(C(F)(F)F)cc1. The second-order valence-corrected chi connectivity index (χ2v) is 8.72. The highest BCUT2D eigenvalue weighted by molar-refractivity contribution is 7.07. The van der Waals surface area contributed by atoms with Gasteiger partial charge < -0.3 is 4.90 Å². The summed E-state index contributed by atoms with van der Waals surface area (Å²) >= 11 is 1.66. The summed E-state index contributed by atoms with van der Waals surface area (Å²) in [4.78, 5) is 24.0. The summed E-state index contributed by atoms with van der Waals surface area (Å²) in [5.74, 6) is 0.525. The number of nitrogens with zero attached hydrogens (tertiary/aromatic N) is 4. The van der Waals surface area contributed by atoms with Gasteiger partial charge >= 0.3 is 6.18 Å². The van der Waals surface area contributed by atoms with Crippen molar-refractivity contribution in [3.63, 3.8) is 0 Å². The van der Waals surface area contributed by atoms with Crippen molar-refractivity contribution in [2.45, 2.75) is 25.7 Å². The van der Waals surface area contributed by atoms with Gasteiger partial charge in [-0.25, -0.2) is 0 Å². The number of rotatable bonds is 4. The van der Waals surface area contributed by atoms with Gasteiger partial charge in [0.1, 0.15) is 0 Å². The van der Waals surface area contributed by atoms with E-state index in [1.165, 1.54) is 17.7 Å². The Morgan fingerprint density at radius 2 is 1.84 bits per heavy atom. The summed E-state index contributed by atoms with van der Waals surface area (Å²) in [6.07, 6.45) is -3.59. The summed E-state index contributed by atoms with van der Waals surface area (Å²) < 4.78 is 38.6. The lowest BCUT2D eigenvalue weighted by Crippen LogP contribution is -2.53. The molecule has 0 unspecified atom stereocenters. The van der Waals surface area contributed by atoms with Crippen LogP contribution in [0.25, 0.3) is 0 Å². The molecule has 1 aromatic carbocycles. The average molecular weight is 446 g/mol. The zero-order valence-corrected chi connectivity index (χ0v) is 17.5. The summed E-state index contributed by atoms with van der Waals surface area (Å²) in [5, 5.41) is 4.17. The first-order valence-corrected chi connectivity index (χ1v) is 11.1. The van der Waals surface area contributed by atoms with E-state index in [0.29, 0.717) is 24.6 Å². The number of carbonyl (C=O) groups is 1. The maximum absolute atomic E-state index is 13.4. The predicted molar refractivity (Wildman–Crippen MR) is 112 cm³/mol. The van der Waals surface area contributed by atoms with Gasteiger partial charge in [-0.1, -0.05) is 12.1 Å². The van der Waals surface area contributed by atoms with Crippen molar-refractivity contribution in [2.75, 3.05) is 26.2 Å².